The van der Waals surface area contributed by atoms with Crippen molar-refractivity contribution in [2.75, 3.05) is 23.9 Å². The second-order valence-electron chi connectivity index (χ2n) is 5.07. The number of aliphatic hydroxyl groups excluding tert-OH is 1. The molecule has 0 saturated carbocycles. The number of hydrogen-bond acceptors (Lipinski definition) is 9. The maximum atomic E-state index is 10.4. The number of nitrogens with zero attached hydrogens (tertiary/aromatic N) is 2. The average molecular weight is 383 g/mol. The van der Waals surface area contributed by atoms with Crippen LogP contribution >= 0.6 is 11.8 Å². The van der Waals surface area contributed by atoms with E-state index in [1.165, 1.54) is 11.8 Å². The Morgan fingerprint density at radius 3 is 2.60 bits per heavy atom. The fourth-order valence-electron chi connectivity index (χ4n) is 1.80. The second-order valence-corrected chi connectivity index (χ2v) is 6.65. The van der Waals surface area contributed by atoms with Gasteiger partial charge in [-0.05, 0) is 12.5 Å². The van der Waals surface area contributed by atoms with Crippen LogP contribution in [-0.4, -0.2) is 43.2 Å². The Bertz CT molecular complexity index is 688. The van der Waals surface area contributed by atoms with E-state index in [0.29, 0.717) is 29.1 Å². The van der Waals surface area contributed by atoms with Crippen LogP contribution in [0.3, 0.4) is 0 Å². The summed E-state index contributed by atoms with van der Waals surface area (Å²) in [5, 5.41) is 15.7. The summed E-state index contributed by atoms with van der Waals surface area (Å²) in [5.74, 6) is 1.64. The van der Waals surface area contributed by atoms with Gasteiger partial charge in [0.1, 0.15) is 18.4 Å². The fourth-order valence-corrected chi connectivity index (χ4v) is 2.77. The van der Waals surface area contributed by atoms with Gasteiger partial charge in [-0.15, -0.1) is 0 Å². The van der Waals surface area contributed by atoms with Gasteiger partial charge < -0.3 is 20.3 Å². The van der Waals surface area contributed by atoms with Crippen molar-refractivity contribution in [3.8, 4) is 0 Å². The topological polar surface area (TPSA) is 119 Å². The van der Waals surface area contributed by atoms with Gasteiger partial charge in [0.25, 0.3) is 0 Å². The lowest BCUT2D eigenvalue weighted by atomic mass is 10.2. The predicted octanol–water partition coefficient (Wildman–Crippen LogP) is 1.74. The standard InChI is InChI=1S/C15H20N4O4S2/c1-11(20)8-16-13-7-14(17-10-23-25(21)22)19-15(18-13)24-9-12-5-3-2-4-6-12/h2-7,11,20H,8-10H2,1H3,(H,21,22)(H2,16,17,18,19)/p-1/t11-/m1/s1. The molecule has 1 aromatic heterocycles. The van der Waals surface area contributed by atoms with Gasteiger partial charge in [0.15, 0.2) is 5.16 Å². The molecule has 0 amide bonds. The van der Waals surface area contributed by atoms with Crippen LogP contribution in [0, 0.1) is 0 Å². The molecular weight excluding hydrogens is 364 g/mol. The molecule has 0 radical (unpaired) electrons. The van der Waals surface area contributed by atoms with Gasteiger partial charge in [-0.3, -0.25) is 4.18 Å². The third kappa shape index (κ3) is 7.80. The van der Waals surface area contributed by atoms with Crippen LogP contribution in [0.2, 0.25) is 0 Å². The van der Waals surface area contributed by atoms with E-state index in [4.69, 9.17) is 0 Å². The summed E-state index contributed by atoms with van der Waals surface area (Å²) >= 11 is -1.15. The Morgan fingerprint density at radius 2 is 1.96 bits per heavy atom. The quantitative estimate of drug-likeness (QED) is 0.244. The van der Waals surface area contributed by atoms with E-state index in [0.717, 1.165) is 5.56 Å². The zero-order chi connectivity index (χ0) is 18.1. The Hall–Kier alpha value is -1.72. The van der Waals surface area contributed by atoms with Gasteiger partial charge in [-0.1, -0.05) is 42.1 Å². The highest BCUT2D eigenvalue weighted by Gasteiger charge is 2.07. The highest BCUT2D eigenvalue weighted by Crippen LogP contribution is 2.23. The number of aliphatic hydroxyl groups is 1. The van der Waals surface area contributed by atoms with E-state index >= 15 is 0 Å². The first kappa shape index (κ1) is 19.6. The van der Waals surface area contributed by atoms with Crippen molar-refractivity contribution in [1.82, 2.24) is 9.97 Å². The van der Waals surface area contributed by atoms with E-state index in [1.807, 2.05) is 30.3 Å². The largest absolute Gasteiger partial charge is 0.750 e. The van der Waals surface area contributed by atoms with Crippen molar-refractivity contribution in [3.05, 3.63) is 42.0 Å². The van der Waals surface area contributed by atoms with Gasteiger partial charge in [0, 0.05) is 18.4 Å². The Labute approximate surface area is 152 Å². The van der Waals surface area contributed by atoms with E-state index in [9.17, 15) is 13.9 Å². The normalized spacial score (nSPS) is 13.2. The first-order valence-corrected chi connectivity index (χ1v) is 9.45. The second kappa shape index (κ2) is 10.3. The van der Waals surface area contributed by atoms with Crippen molar-refractivity contribution in [3.63, 3.8) is 0 Å². The number of hydrogen-bond donors (Lipinski definition) is 3. The van der Waals surface area contributed by atoms with Crippen molar-refractivity contribution >= 4 is 34.8 Å². The van der Waals surface area contributed by atoms with Crippen LogP contribution in [0.5, 0.6) is 0 Å². The molecule has 2 atom stereocenters. The van der Waals surface area contributed by atoms with Crippen LogP contribution in [0.25, 0.3) is 0 Å². The van der Waals surface area contributed by atoms with Crippen molar-refractivity contribution in [2.24, 2.45) is 0 Å². The minimum atomic E-state index is -2.60. The molecule has 2 aromatic rings. The first-order chi connectivity index (χ1) is 12.0. The Kier molecular flexibility index (Phi) is 8.09. The van der Waals surface area contributed by atoms with Gasteiger partial charge in [-0.25, -0.2) is 14.2 Å². The van der Waals surface area contributed by atoms with Crippen LogP contribution in [0.15, 0.2) is 41.6 Å². The molecule has 10 heteroatoms. The minimum Gasteiger partial charge on any atom is -0.750 e. The number of thioether (sulfide) groups is 1. The smallest absolute Gasteiger partial charge is 0.191 e. The molecule has 0 aliphatic rings. The SMILES string of the molecule is C[C@@H](O)CNc1cc(NCOS(=O)[O-])nc(SCc2ccccc2)n1. The summed E-state index contributed by atoms with van der Waals surface area (Å²) in [6.07, 6.45) is -0.530. The number of benzene rings is 1. The van der Waals surface area contributed by atoms with Crippen molar-refractivity contribution < 1.29 is 18.1 Å². The molecule has 0 aliphatic carbocycles. The first-order valence-electron chi connectivity index (χ1n) is 7.47. The van der Waals surface area contributed by atoms with Gasteiger partial charge in [0.2, 0.25) is 0 Å². The molecule has 0 spiro atoms. The van der Waals surface area contributed by atoms with E-state index in [1.54, 1.807) is 13.0 Å². The molecule has 1 unspecified atom stereocenters. The summed E-state index contributed by atoms with van der Waals surface area (Å²) in [6, 6.07) is 11.5. The van der Waals surface area contributed by atoms with Gasteiger partial charge in [-0.2, -0.15) is 0 Å². The Balaban J connectivity index is 2.06. The maximum absolute atomic E-state index is 10.4. The molecule has 0 saturated heterocycles. The Morgan fingerprint density at radius 1 is 1.28 bits per heavy atom. The number of aromatic nitrogens is 2. The molecule has 2 rings (SSSR count). The van der Waals surface area contributed by atoms with Gasteiger partial charge in [0.05, 0.1) is 17.5 Å². The number of nitrogens with one attached hydrogen (secondary N) is 2. The number of anilines is 2. The third-order valence-electron chi connectivity index (χ3n) is 2.90. The van der Waals surface area contributed by atoms with E-state index < -0.39 is 17.5 Å². The molecule has 8 nitrogen and oxygen atoms in total. The molecular formula is C15H19N4O4S2-. The third-order valence-corrected chi connectivity index (χ3v) is 4.13. The van der Waals surface area contributed by atoms with E-state index in [-0.39, 0.29) is 6.73 Å². The summed E-state index contributed by atoms with van der Waals surface area (Å²) in [4.78, 5) is 8.72. The van der Waals surface area contributed by atoms with Crippen LogP contribution in [0.1, 0.15) is 12.5 Å². The predicted molar refractivity (Wildman–Crippen MR) is 96.7 cm³/mol. The lowest BCUT2D eigenvalue weighted by Gasteiger charge is -2.12. The zero-order valence-corrected chi connectivity index (χ0v) is 15.2. The maximum Gasteiger partial charge on any atom is 0.191 e. The summed E-state index contributed by atoms with van der Waals surface area (Å²) in [6.45, 7) is 1.77. The lowest BCUT2D eigenvalue weighted by molar-refractivity contribution is 0.208. The molecule has 1 heterocycles. The van der Waals surface area contributed by atoms with Crippen molar-refractivity contribution in [1.29, 1.82) is 0 Å². The van der Waals surface area contributed by atoms with Gasteiger partial charge >= 0.3 is 0 Å². The molecule has 0 bridgehead atoms. The molecule has 25 heavy (non-hydrogen) atoms. The highest BCUT2D eigenvalue weighted by atomic mass is 32.2. The monoisotopic (exact) mass is 383 g/mol. The zero-order valence-electron chi connectivity index (χ0n) is 13.5. The van der Waals surface area contributed by atoms with Crippen LogP contribution in [-0.2, 0) is 21.3 Å². The molecule has 1 aromatic carbocycles. The fraction of sp³-hybridized carbons (Fsp3) is 0.333. The summed E-state index contributed by atoms with van der Waals surface area (Å²) in [5.41, 5.74) is 1.14. The van der Waals surface area contributed by atoms with E-state index in [2.05, 4.69) is 24.8 Å². The summed E-state index contributed by atoms with van der Waals surface area (Å²) < 4.78 is 25.3. The highest BCUT2D eigenvalue weighted by molar-refractivity contribution is 7.98. The molecule has 136 valence electrons. The molecule has 0 aliphatic heterocycles. The average Bonchev–Trinajstić information content (AvgIpc) is 2.59. The minimum absolute atomic E-state index is 0.230. The molecule has 3 N–H and O–H groups in total. The van der Waals surface area contributed by atoms with Crippen LogP contribution < -0.4 is 10.6 Å². The van der Waals surface area contributed by atoms with Crippen molar-refractivity contribution in [2.45, 2.75) is 23.9 Å². The van der Waals surface area contributed by atoms with Crippen LogP contribution in [0.4, 0.5) is 11.6 Å². The lowest BCUT2D eigenvalue weighted by Crippen LogP contribution is -2.17. The summed E-state index contributed by atoms with van der Waals surface area (Å²) in [7, 11) is 0. The number of rotatable bonds is 10. The molecule has 0 fully saturated rings.